The molecule has 1 aromatic carbocycles. The monoisotopic (exact) mass is 320 g/mol. The van der Waals surface area contributed by atoms with Crippen molar-refractivity contribution in [2.24, 2.45) is 5.92 Å². The summed E-state index contributed by atoms with van der Waals surface area (Å²) in [5.41, 5.74) is 0.881. The number of amides is 2. The molecular weight excluding hydrogens is 296 g/mol. The van der Waals surface area contributed by atoms with Crippen molar-refractivity contribution in [1.82, 2.24) is 10.2 Å². The number of carbonyl (C=O) groups excluding carboxylic acids is 2. The number of hydrogen-bond donors (Lipinski definition) is 1. The molecule has 1 aliphatic heterocycles. The molecule has 6 heteroatoms. The molecule has 2 rings (SSSR count). The van der Waals surface area contributed by atoms with Crippen molar-refractivity contribution in [3.8, 4) is 11.5 Å². The lowest BCUT2D eigenvalue weighted by Crippen LogP contribution is -2.35. The van der Waals surface area contributed by atoms with E-state index in [4.69, 9.17) is 9.47 Å². The van der Waals surface area contributed by atoms with Crippen LogP contribution in [-0.4, -0.2) is 44.0 Å². The van der Waals surface area contributed by atoms with Crippen LogP contribution >= 0.6 is 0 Å². The zero-order valence-corrected chi connectivity index (χ0v) is 14.1. The van der Waals surface area contributed by atoms with Crippen LogP contribution in [0.1, 0.15) is 31.9 Å². The van der Waals surface area contributed by atoms with Crippen LogP contribution in [0.4, 0.5) is 0 Å². The van der Waals surface area contributed by atoms with Crippen LogP contribution in [0.5, 0.6) is 11.5 Å². The van der Waals surface area contributed by atoms with Gasteiger partial charge in [0.05, 0.1) is 26.2 Å². The smallest absolute Gasteiger partial charge is 0.226 e. The summed E-state index contributed by atoms with van der Waals surface area (Å²) in [6.45, 7) is 4.91. The van der Waals surface area contributed by atoms with Gasteiger partial charge in [-0.2, -0.15) is 0 Å². The van der Waals surface area contributed by atoms with E-state index >= 15 is 0 Å². The van der Waals surface area contributed by atoms with E-state index in [1.54, 1.807) is 25.2 Å². The van der Waals surface area contributed by atoms with Crippen LogP contribution < -0.4 is 14.8 Å². The highest BCUT2D eigenvalue weighted by atomic mass is 16.5. The van der Waals surface area contributed by atoms with Gasteiger partial charge in [0.15, 0.2) is 11.5 Å². The fourth-order valence-electron chi connectivity index (χ4n) is 3.15. The molecule has 0 aromatic heterocycles. The van der Waals surface area contributed by atoms with Gasteiger partial charge in [0.25, 0.3) is 0 Å². The number of methoxy groups -OCH3 is 2. The molecule has 1 heterocycles. The van der Waals surface area contributed by atoms with Gasteiger partial charge in [-0.1, -0.05) is 6.07 Å². The van der Waals surface area contributed by atoms with E-state index in [0.29, 0.717) is 24.6 Å². The molecule has 0 unspecified atom stereocenters. The number of nitrogens with zero attached hydrogens (tertiary/aromatic N) is 1. The van der Waals surface area contributed by atoms with E-state index in [-0.39, 0.29) is 30.2 Å². The van der Waals surface area contributed by atoms with Crippen LogP contribution in [0, 0.1) is 5.92 Å². The average Bonchev–Trinajstić information content (AvgIpc) is 2.90. The minimum Gasteiger partial charge on any atom is -0.493 e. The molecule has 2 amide bonds. The van der Waals surface area contributed by atoms with Gasteiger partial charge in [0.2, 0.25) is 11.8 Å². The second-order valence-corrected chi connectivity index (χ2v) is 5.44. The summed E-state index contributed by atoms with van der Waals surface area (Å²) in [6, 6.07) is 5.26. The minimum atomic E-state index is -0.388. The molecule has 0 bridgehead atoms. The van der Waals surface area contributed by atoms with E-state index in [9.17, 15) is 9.59 Å². The maximum absolute atomic E-state index is 12.4. The zero-order valence-electron chi connectivity index (χ0n) is 14.1. The molecule has 1 fully saturated rings. The molecular formula is C17H24N2O4. The van der Waals surface area contributed by atoms with Crippen LogP contribution in [0.3, 0.4) is 0 Å². The fourth-order valence-corrected chi connectivity index (χ4v) is 3.15. The highest BCUT2D eigenvalue weighted by Crippen LogP contribution is 2.40. The topological polar surface area (TPSA) is 67.9 Å². The van der Waals surface area contributed by atoms with Crippen LogP contribution in [0.25, 0.3) is 0 Å². The first-order valence-electron chi connectivity index (χ1n) is 7.86. The quantitative estimate of drug-likeness (QED) is 0.867. The van der Waals surface area contributed by atoms with E-state index in [1.807, 2.05) is 26.0 Å². The second-order valence-electron chi connectivity index (χ2n) is 5.44. The van der Waals surface area contributed by atoms with Crippen molar-refractivity contribution >= 4 is 11.8 Å². The molecule has 6 nitrogen and oxygen atoms in total. The van der Waals surface area contributed by atoms with Crippen molar-refractivity contribution in [2.75, 3.05) is 27.3 Å². The highest BCUT2D eigenvalue weighted by molar-refractivity contribution is 5.90. The SMILES string of the molecule is CCNC(=O)[C@@H]1CC(=O)N(CC)[C@H]1c1ccc(OC)c(OC)c1. The Morgan fingerprint density at radius 3 is 2.52 bits per heavy atom. The van der Waals surface area contributed by atoms with Crippen molar-refractivity contribution in [3.05, 3.63) is 23.8 Å². The molecule has 1 saturated heterocycles. The Balaban J connectivity index is 2.42. The predicted octanol–water partition coefficient (Wildman–Crippen LogP) is 1.75. The van der Waals surface area contributed by atoms with Gasteiger partial charge < -0.3 is 19.7 Å². The zero-order chi connectivity index (χ0) is 17.0. The molecule has 1 aromatic rings. The fraction of sp³-hybridized carbons (Fsp3) is 0.529. The second kappa shape index (κ2) is 7.35. The standard InChI is InChI=1S/C17H24N2O4/c1-5-18-17(21)12-10-15(20)19(6-2)16(12)11-7-8-13(22-3)14(9-11)23-4/h7-9,12,16H,5-6,10H2,1-4H3,(H,18,21)/t12-,16+/m1/s1. The van der Waals surface area contributed by atoms with Crippen molar-refractivity contribution in [2.45, 2.75) is 26.3 Å². The molecule has 0 radical (unpaired) electrons. The number of rotatable bonds is 6. The van der Waals surface area contributed by atoms with Gasteiger partial charge in [0, 0.05) is 19.5 Å². The van der Waals surface area contributed by atoms with Gasteiger partial charge in [-0.25, -0.2) is 0 Å². The Hall–Kier alpha value is -2.24. The normalized spacial score (nSPS) is 20.5. The lowest BCUT2D eigenvalue weighted by atomic mass is 9.92. The van der Waals surface area contributed by atoms with Gasteiger partial charge in [-0.3, -0.25) is 9.59 Å². The maximum Gasteiger partial charge on any atom is 0.226 e. The number of likely N-dealkylation sites (tertiary alicyclic amines) is 1. The molecule has 2 atom stereocenters. The molecule has 0 aliphatic carbocycles. The third-order valence-electron chi connectivity index (χ3n) is 4.21. The van der Waals surface area contributed by atoms with E-state index in [2.05, 4.69) is 5.32 Å². The van der Waals surface area contributed by atoms with Crippen molar-refractivity contribution in [3.63, 3.8) is 0 Å². The summed E-state index contributed by atoms with van der Waals surface area (Å²) in [5.74, 6) is 0.744. The van der Waals surface area contributed by atoms with Gasteiger partial charge in [0.1, 0.15) is 0 Å². The average molecular weight is 320 g/mol. The third-order valence-corrected chi connectivity index (χ3v) is 4.21. The number of ether oxygens (including phenoxy) is 2. The molecule has 0 spiro atoms. The molecule has 23 heavy (non-hydrogen) atoms. The van der Waals surface area contributed by atoms with E-state index < -0.39 is 0 Å². The maximum atomic E-state index is 12.4. The summed E-state index contributed by atoms with van der Waals surface area (Å²) in [6.07, 6.45) is 0.235. The Bertz CT molecular complexity index is 588. The first kappa shape index (κ1) is 17.1. The number of nitrogens with one attached hydrogen (secondary N) is 1. The Labute approximate surface area is 136 Å². The Kier molecular flexibility index (Phi) is 5.47. The largest absolute Gasteiger partial charge is 0.493 e. The van der Waals surface area contributed by atoms with Crippen LogP contribution in [-0.2, 0) is 9.59 Å². The summed E-state index contributed by atoms with van der Waals surface area (Å²) >= 11 is 0. The summed E-state index contributed by atoms with van der Waals surface area (Å²) < 4.78 is 10.6. The van der Waals surface area contributed by atoms with Gasteiger partial charge in [-0.15, -0.1) is 0 Å². The van der Waals surface area contributed by atoms with Crippen molar-refractivity contribution in [1.29, 1.82) is 0 Å². The molecule has 126 valence electrons. The van der Waals surface area contributed by atoms with Crippen molar-refractivity contribution < 1.29 is 19.1 Å². The summed E-state index contributed by atoms with van der Waals surface area (Å²) in [4.78, 5) is 26.4. The molecule has 0 saturated carbocycles. The number of benzene rings is 1. The van der Waals surface area contributed by atoms with E-state index in [0.717, 1.165) is 5.56 Å². The lowest BCUT2D eigenvalue weighted by molar-refractivity contribution is -0.129. The predicted molar refractivity (Wildman–Crippen MR) is 86.5 cm³/mol. The Morgan fingerprint density at radius 2 is 1.96 bits per heavy atom. The molecule has 1 aliphatic rings. The van der Waals surface area contributed by atoms with Crippen LogP contribution in [0.2, 0.25) is 0 Å². The summed E-state index contributed by atoms with van der Waals surface area (Å²) in [7, 11) is 3.15. The first-order valence-corrected chi connectivity index (χ1v) is 7.86. The summed E-state index contributed by atoms with van der Waals surface area (Å²) in [5, 5.41) is 2.83. The van der Waals surface area contributed by atoms with Crippen LogP contribution in [0.15, 0.2) is 18.2 Å². The van der Waals surface area contributed by atoms with E-state index in [1.165, 1.54) is 0 Å². The highest BCUT2D eigenvalue weighted by Gasteiger charge is 2.43. The van der Waals surface area contributed by atoms with Gasteiger partial charge >= 0.3 is 0 Å². The minimum absolute atomic E-state index is 0.00328. The first-order chi connectivity index (χ1) is 11.1. The molecule has 1 N–H and O–H groups in total. The number of hydrogen-bond acceptors (Lipinski definition) is 4. The third kappa shape index (κ3) is 3.25. The Morgan fingerprint density at radius 1 is 1.26 bits per heavy atom. The van der Waals surface area contributed by atoms with Gasteiger partial charge in [-0.05, 0) is 31.5 Å². The number of carbonyl (C=O) groups is 2. The lowest BCUT2D eigenvalue weighted by Gasteiger charge is -2.27.